The van der Waals surface area contributed by atoms with Crippen molar-refractivity contribution < 1.29 is 4.79 Å². The van der Waals surface area contributed by atoms with Crippen molar-refractivity contribution >= 4 is 11.6 Å². The van der Waals surface area contributed by atoms with Gasteiger partial charge in [0.1, 0.15) is 0 Å². The van der Waals surface area contributed by atoms with Crippen molar-refractivity contribution in [2.45, 2.75) is 39.8 Å². The van der Waals surface area contributed by atoms with Crippen molar-refractivity contribution in [2.75, 3.05) is 32.7 Å². The molecule has 2 heterocycles. The number of benzene rings is 3. The summed E-state index contributed by atoms with van der Waals surface area (Å²) >= 11 is 0. The molecular formula is C31H36N4O. The van der Waals surface area contributed by atoms with Gasteiger partial charge in [-0.15, -0.1) is 0 Å². The molecule has 2 aliphatic heterocycles. The van der Waals surface area contributed by atoms with Gasteiger partial charge >= 0.3 is 0 Å². The number of aryl methyl sites for hydroxylation is 3. The van der Waals surface area contributed by atoms with Gasteiger partial charge in [0.2, 0.25) is 0 Å². The summed E-state index contributed by atoms with van der Waals surface area (Å²) in [6, 6.07) is 25.5. The molecule has 0 aliphatic carbocycles. The van der Waals surface area contributed by atoms with Crippen LogP contribution < -0.4 is 0 Å². The molecule has 2 aliphatic rings. The first-order valence-electron chi connectivity index (χ1n) is 13.0. The third kappa shape index (κ3) is 5.58. The Balaban J connectivity index is 1.30. The van der Waals surface area contributed by atoms with Gasteiger partial charge in [0.05, 0.1) is 18.3 Å². The molecule has 36 heavy (non-hydrogen) atoms. The lowest BCUT2D eigenvalue weighted by Crippen LogP contribution is -2.49. The summed E-state index contributed by atoms with van der Waals surface area (Å²) in [5.41, 5.74) is 8.26. The lowest BCUT2D eigenvalue weighted by atomic mass is 9.93. The van der Waals surface area contributed by atoms with Crippen LogP contribution in [0.2, 0.25) is 0 Å². The molecule has 3 aromatic carbocycles. The highest BCUT2D eigenvalue weighted by Crippen LogP contribution is 2.35. The summed E-state index contributed by atoms with van der Waals surface area (Å²) in [5.74, 6) is 0.0834. The average molecular weight is 481 g/mol. The highest BCUT2D eigenvalue weighted by atomic mass is 16.2. The zero-order chi connectivity index (χ0) is 25.1. The molecule has 0 aromatic heterocycles. The van der Waals surface area contributed by atoms with E-state index in [1.807, 2.05) is 0 Å². The Kier molecular flexibility index (Phi) is 7.30. The molecule has 1 fully saturated rings. The van der Waals surface area contributed by atoms with Crippen LogP contribution >= 0.6 is 0 Å². The molecule has 5 heteroatoms. The highest BCUT2D eigenvalue weighted by molar-refractivity contribution is 6.03. The number of nitrogens with zero attached hydrogens (tertiary/aromatic N) is 4. The van der Waals surface area contributed by atoms with Crippen LogP contribution in [-0.4, -0.2) is 59.2 Å². The van der Waals surface area contributed by atoms with Gasteiger partial charge < -0.3 is 0 Å². The molecule has 5 nitrogen and oxygen atoms in total. The Morgan fingerprint density at radius 1 is 0.833 bits per heavy atom. The number of piperazine rings is 1. The van der Waals surface area contributed by atoms with Crippen molar-refractivity contribution in [2.24, 2.45) is 5.10 Å². The van der Waals surface area contributed by atoms with Gasteiger partial charge in [0.25, 0.3) is 5.91 Å². The number of hydrogen-bond donors (Lipinski definition) is 0. The molecule has 0 saturated carbocycles. The predicted molar refractivity (Wildman–Crippen MR) is 146 cm³/mol. The molecule has 1 unspecified atom stereocenters. The van der Waals surface area contributed by atoms with Crippen LogP contribution in [0.25, 0.3) is 0 Å². The third-order valence-electron chi connectivity index (χ3n) is 7.38. The van der Waals surface area contributed by atoms with Crippen molar-refractivity contribution in [1.82, 2.24) is 14.8 Å². The summed E-state index contributed by atoms with van der Waals surface area (Å²) in [6.45, 7) is 11.5. The lowest BCUT2D eigenvalue weighted by molar-refractivity contribution is -0.134. The number of carbonyl (C=O) groups excluding carboxylic acids is 1. The average Bonchev–Trinajstić information content (AvgIpc) is 3.33. The highest BCUT2D eigenvalue weighted by Gasteiger charge is 2.35. The first-order valence-corrected chi connectivity index (χ1v) is 13.0. The molecule has 1 saturated heterocycles. The molecular weight excluding hydrogens is 444 g/mol. The van der Waals surface area contributed by atoms with Gasteiger partial charge in [0.15, 0.2) is 0 Å². The van der Waals surface area contributed by atoms with E-state index in [2.05, 4.69) is 103 Å². The van der Waals surface area contributed by atoms with Crippen LogP contribution in [-0.2, 0) is 11.3 Å². The van der Waals surface area contributed by atoms with E-state index < -0.39 is 0 Å². The van der Waals surface area contributed by atoms with E-state index >= 15 is 0 Å². The maximum atomic E-state index is 13.7. The lowest BCUT2D eigenvalue weighted by Gasteiger charge is -2.35. The number of amides is 1. The van der Waals surface area contributed by atoms with Crippen molar-refractivity contribution in [3.63, 3.8) is 0 Å². The SMILES string of the molecule is Cc1cccc(C2=NN(C(=O)CN3CCN(Cc4ccccc4)CC3)C(c3cc(C)ccc3C)C2)c1. The molecule has 5 rings (SSSR count). The van der Waals surface area contributed by atoms with Crippen molar-refractivity contribution in [1.29, 1.82) is 0 Å². The zero-order valence-electron chi connectivity index (χ0n) is 21.7. The van der Waals surface area contributed by atoms with Gasteiger partial charge in [-0.05, 0) is 43.0 Å². The van der Waals surface area contributed by atoms with Crippen LogP contribution in [0.15, 0.2) is 77.9 Å². The summed E-state index contributed by atoms with van der Waals surface area (Å²) in [6.07, 6.45) is 0.740. The minimum atomic E-state index is -0.0627. The maximum absolute atomic E-state index is 13.7. The Hall–Kier alpha value is -3.28. The van der Waals surface area contributed by atoms with E-state index in [1.165, 1.54) is 27.8 Å². The van der Waals surface area contributed by atoms with Gasteiger partial charge in [-0.3, -0.25) is 14.6 Å². The Labute approximate surface area is 215 Å². The summed E-state index contributed by atoms with van der Waals surface area (Å²) < 4.78 is 0. The van der Waals surface area contributed by atoms with Gasteiger partial charge in [-0.25, -0.2) is 5.01 Å². The van der Waals surface area contributed by atoms with Crippen molar-refractivity contribution in [3.8, 4) is 0 Å². The van der Waals surface area contributed by atoms with E-state index in [-0.39, 0.29) is 11.9 Å². The van der Waals surface area contributed by atoms with Gasteiger partial charge in [0, 0.05) is 39.1 Å². The molecule has 1 atom stereocenters. The van der Waals surface area contributed by atoms with E-state index in [0.717, 1.165) is 50.4 Å². The van der Waals surface area contributed by atoms with Crippen molar-refractivity contribution in [3.05, 3.63) is 106 Å². The van der Waals surface area contributed by atoms with Gasteiger partial charge in [-0.2, -0.15) is 5.10 Å². The summed E-state index contributed by atoms with van der Waals surface area (Å²) in [7, 11) is 0. The predicted octanol–water partition coefficient (Wildman–Crippen LogP) is 5.11. The minimum absolute atomic E-state index is 0.0627. The molecule has 186 valence electrons. The van der Waals surface area contributed by atoms with E-state index in [0.29, 0.717) is 6.54 Å². The first-order chi connectivity index (χ1) is 17.5. The fourth-order valence-electron chi connectivity index (χ4n) is 5.31. The number of hydrogen-bond acceptors (Lipinski definition) is 4. The third-order valence-corrected chi connectivity index (χ3v) is 7.38. The fourth-order valence-corrected chi connectivity index (χ4v) is 5.31. The quantitative estimate of drug-likeness (QED) is 0.492. The second kappa shape index (κ2) is 10.8. The summed E-state index contributed by atoms with van der Waals surface area (Å²) in [5, 5.41) is 6.70. The topological polar surface area (TPSA) is 39.2 Å². The van der Waals surface area contributed by atoms with Gasteiger partial charge in [-0.1, -0.05) is 83.9 Å². The molecule has 0 bridgehead atoms. The monoisotopic (exact) mass is 480 g/mol. The normalized spacial score (nSPS) is 18.9. The maximum Gasteiger partial charge on any atom is 0.257 e. The largest absolute Gasteiger partial charge is 0.297 e. The minimum Gasteiger partial charge on any atom is -0.297 e. The summed E-state index contributed by atoms with van der Waals surface area (Å²) in [4.78, 5) is 18.4. The Morgan fingerprint density at radius 2 is 1.56 bits per heavy atom. The fraction of sp³-hybridized carbons (Fsp3) is 0.355. The Bertz CT molecular complexity index is 1240. The standard InChI is InChI=1S/C31H36N4O/c1-23-8-7-11-27(18-23)29-20-30(28-19-24(2)12-13-25(28)3)35(32-29)31(36)22-34-16-14-33(15-17-34)21-26-9-5-4-6-10-26/h4-13,18-19,30H,14-17,20-22H2,1-3H3. The van der Waals surface area contributed by atoms with Crippen LogP contribution in [0.4, 0.5) is 0 Å². The first kappa shape index (κ1) is 24.4. The van der Waals surface area contributed by atoms with E-state index in [1.54, 1.807) is 5.01 Å². The number of rotatable bonds is 6. The second-order valence-corrected chi connectivity index (χ2v) is 10.3. The van der Waals surface area contributed by atoms with Crippen LogP contribution in [0.3, 0.4) is 0 Å². The van der Waals surface area contributed by atoms with Crippen LogP contribution in [0.1, 0.15) is 45.8 Å². The zero-order valence-corrected chi connectivity index (χ0v) is 21.7. The van der Waals surface area contributed by atoms with Crippen LogP contribution in [0, 0.1) is 20.8 Å². The molecule has 3 aromatic rings. The number of carbonyl (C=O) groups is 1. The smallest absolute Gasteiger partial charge is 0.257 e. The molecule has 0 radical (unpaired) electrons. The van der Waals surface area contributed by atoms with E-state index in [4.69, 9.17) is 5.10 Å². The van der Waals surface area contributed by atoms with Crippen LogP contribution in [0.5, 0.6) is 0 Å². The molecule has 0 N–H and O–H groups in total. The van der Waals surface area contributed by atoms with E-state index in [9.17, 15) is 4.79 Å². The molecule has 0 spiro atoms. The second-order valence-electron chi connectivity index (χ2n) is 10.3. The molecule has 1 amide bonds. The Morgan fingerprint density at radius 3 is 2.31 bits per heavy atom. The number of hydrazone groups is 1.